The van der Waals surface area contributed by atoms with Crippen molar-refractivity contribution < 1.29 is 9.53 Å². The lowest BCUT2D eigenvalue weighted by Crippen LogP contribution is -2.41. The van der Waals surface area contributed by atoms with Crippen LogP contribution in [0.15, 0.2) is 24.3 Å². The summed E-state index contributed by atoms with van der Waals surface area (Å²) >= 11 is 0. The Balaban J connectivity index is 1.64. The fourth-order valence-corrected chi connectivity index (χ4v) is 3.49. The molecule has 2 aliphatic heterocycles. The van der Waals surface area contributed by atoms with Gasteiger partial charge in [-0.3, -0.25) is 10.2 Å². The average molecular weight is 289 g/mol. The van der Waals surface area contributed by atoms with E-state index in [1.165, 1.54) is 45.9 Å². The molecule has 3 rings (SSSR count). The molecule has 0 bridgehead atoms. The minimum Gasteiger partial charge on any atom is -0.453 e. The number of carbonyl (C=O) groups is 1. The Bertz CT molecular complexity index is 506. The van der Waals surface area contributed by atoms with Crippen LogP contribution in [0.5, 0.6) is 0 Å². The Labute approximate surface area is 125 Å². The number of nitrogens with zero attached hydrogens (tertiary/aromatic N) is 1. The van der Waals surface area contributed by atoms with E-state index in [1.54, 1.807) is 0 Å². The molecule has 0 spiro atoms. The van der Waals surface area contributed by atoms with Crippen LogP contribution in [0, 0.1) is 0 Å². The molecule has 0 saturated carbocycles. The maximum Gasteiger partial charge on any atom is 0.411 e. The molecule has 0 radical (unpaired) electrons. The molecule has 5 heteroatoms. The molecule has 1 amide bonds. The van der Waals surface area contributed by atoms with Crippen LogP contribution in [0.3, 0.4) is 0 Å². The van der Waals surface area contributed by atoms with E-state index in [0.29, 0.717) is 12.1 Å². The molecule has 5 nitrogen and oxygen atoms in total. The minimum absolute atomic E-state index is 0.438. The molecule has 21 heavy (non-hydrogen) atoms. The molecule has 2 saturated heterocycles. The van der Waals surface area contributed by atoms with Crippen molar-refractivity contribution in [1.29, 1.82) is 0 Å². The Morgan fingerprint density at radius 1 is 1.24 bits per heavy atom. The van der Waals surface area contributed by atoms with Gasteiger partial charge >= 0.3 is 6.09 Å². The highest BCUT2D eigenvalue weighted by atomic mass is 16.5. The number of benzene rings is 1. The predicted molar refractivity (Wildman–Crippen MR) is 83.7 cm³/mol. The SMILES string of the molecule is COC(=O)Nc1cccc(NC2CCN3CCCCC23)c1. The van der Waals surface area contributed by atoms with Crippen LogP contribution >= 0.6 is 0 Å². The van der Waals surface area contributed by atoms with E-state index < -0.39 is 6.09 Å². The highest BCUT2D eigenvalue weighted by molar-refractivity contribution is 5.85. The largest absolute Gasteiger partial charge is 0.453 e. The normalized spacial score (nSPS) is 25.2. The lowest BCUT2D eigenvalue weighted by atomic mass is 9.99. The van der Waals surface area contributed by atoms with E-state index in [1.807, 2.05) is 24.3 Å². The van der Waals surface area contributed by atoms with Gasteiger partial charge in [0.25, 0.3) is 0 Å². The molecule has 2 unspecified atom stereocenters. The van der Waals surface area contributed by atoms with Gasteiger partial charge in [-0.2, -0.15) is 0 Å². The molecular weight excluding hydrogens is 266 g/mol. The lowest BCUT2D eigenvalue weighted by Gasteiger charge is -2.33. The summed E-state index contributed by atoms with van der Waals surface area (Å²) in [5, 5.41) is 6.34. The van der Waals surface area contributed by atoms with Crippen LogP contribution in [0.25, 0.3) is 0 Å². The summed E-state index contributed by atoms with van der Waals surface area (Å²) in [5.41, 5.74) is 1.81. The zero-order valence-electron chi connectivity index (χ0n) is 12.5. The topological polar surface area (TPSA) is 53.6 Å². The number of amides is 1. The second-order valence-corrected chi connectivity index (χ2v) is 5.84. The van der Waals surface area contributed by atoms with Crippen LogP contribution in [0.4, 0.5) is 16.2 Å². The third kappa shape index (κ3) is 3.29. The first kappa shape index (κ1) is 14.2. The summed E-state index contributed by atoms with van der Waals surface area (Å²) in [6.07, 6.45) is 4.72. The van der Waals surface area contributed by atoms with Gasteiger partial charge in [0.15, 0.2) is 0 Å². The number of piperidine rings is 1. The number of fused-ring (bicyclic) bond motifs is 1. The minimum atomic E-state index is -0.438. The second kappa shape index (κ2) is 6.35. The summed E-state index contributed by atoms with van der Waals surface area (Å²) in [6.45, 7) is 2.44. The van der Waals surface area contributed by atoms with Gasteiger partial charge in [-0.1, -0.05) is 12.5 Å². The van der Waals surface area contributed by atoms with E-state index in [0.717, 1.165) is 11.4 Å². The van der Waals surface area contributed by atoms with Gasteiger partial charge in [0.1, 0.15) is 0 Å². The molecular formula is C16H23N3O2. The first-order chi connectivity index (χ1) is 10.3. The number of rotatable bonds is 3. The van der Waals surface area contributed by atoms with E-state index >= 15 is 0 Å². The van der Waals surface area contributed by atoms with Crippen molar-refractivity contribution in [2.24, 2.45) is 0 Å². The van der Waals surface area contributed by atoms with Crippen LogP contribution in [0.1, 0.15) is 25.7 Å². The maximum atomic E-state index is 11.3. The first-order valence-electron chi connectivity index (χ1n) is 7.72. The summed E-state index contributed by atoms with van der Waals surface area (Å²) in [5.74, 6) is 0. The van der Waals surface area contributed by atoms with Gasteiger partial charge in [-0.25, -0.2) is 4.79 Å². The fraction of sp³-hybridized carbons (Fsp3) is 0.562. The monoisotopic (exact) mass is 289 g/mol. The molecule has 2 fully saturated rings. The van der Waals surface area contributed by atoms with E-state index in [4.69, 9.17) is 0 Å². The van der Waals surface area contributed by atoms with Crippen LogP contribution in [0.2, 0.25) is 0 Å². The van der Waals surface area contributed by atoms with E-state index in [-0.39, 0.29) is 0 Å². The van der Waals surface area contributed by atoms with Crippen molar-refractivity contribution in [3.63, 3.8) is 0 Å². The van der Waals surface area contributed by atoms with E-state index in [9.17, 15) is 4.79 Å². The highest BCUT2D eigenvalue weighted by Gasteiger charge is 2.35. The average Bonchev–Trinajstić information content (AvgIpc) is 2.91. The van der Waals surface area contributed by atoms with Gasteiger partial charge in [0.05, 0.1) is 7.11 Å². The Morgan fingerprint density at radius 2 is 2.10 bits per heavy atom. The molecule has 2 heterocycles. The third-order valence-corrected chi connectivity index (χ3v) is 4.50. The summed E-state index contributed by atoms with van der Waals surface area (Å²) in [7, 11) is 1.37. The lowest BCUT2D eigenvalue weighted by molar-refractivity contribution is 0.187. The van der Waals surface area contributed by atoms with Crippen LogP contribution in [-0.4, -0.2) is 43.3 Å². The number of methoxy groups -OCH3 is 1. The molecule has 0 aliphatic carbocycles. The first-order valence-corrected chi connectivity index (χ1v) is 7.72. The van der Waals surface area contributed by atoms with Gasteiger partial charge in [-0.15, -0.1) is 0 Å². The van der Waals surface area contributed by atoms with Gasteiger partial charge in [0.2, 0.25) is 0 Å². The van der Waals surface area contributed by atoms with Crippen molar-refractivity contribution in [2.75, 3.05) is 30.8 Å². The molecule has 2 N–H and O–H groups in total. The van der Waals surface area contributed by atoms with Crippen molar-refractivity contribution in [2.45, 2.75) is 37.8 Å². The standard InChI is InChI=1S/C16H23N3O2/c1-21-16(20)18-13-6-4-5-12(11-13)17-14-8-10-19-9-3-2-7-15(14)19/h4-6,11,14-15,17H,2-3,7-10H2,1H3,(H,18,20). The number of hydrogen-bond acceptors (Lipinski definition) is 4. The quantitative estimate of drug-likeness (QED) is 0.898. The van der Waals surface area contributed by atoms with Gasteiger partial charge in [0, 0.05) is 30.0 Å². The molecule has 114 valence electrons. The highest BCUT2D eigenvalue weighted by Crippen LogP contribution is 2.29. The van der Waals surface area contributed by atoms with Crippen molar-refractivity contribution in [1.82, 2.24) is 4.90 Å². The number of hydrogen-bond donors (Lipinski definition) is 2. The van der Waals surface area contributed by atoms with Crippen LogP contribution in [-0.2, 0) is 4.74 Å². The maximum absolute atomic E-state index is 11.3. The smallest absolute Gasteiger partial charge is 0.411 e. The Kier molecular flexibility index (Phi) is 4.29. The predicted octanol–water partition coefficient (Wildman–Crippen LogP) is 2.90. The van der Waals surface area contributed by atoms with Gasteiger partial charge in [-0.05, 0) is 44.0 Å². The van der Waals surface area contributed by atoms with E-state index in [2.05, 4.69) is 20.3 Å². The molecule has 1 aromatic carbocycles. The van der Waals surface area contributed by atoms with Crippen molar-refractivity contribution in [3.8, 4) is 0 Å². The third-order valence-electron chi connectivity index (χ3n) is 4.50. The van der Waals surface area contributed by atoms with Crippen molar-refractivity contribution >= 4 is 17.5 Å². The molecule has 1 aromatic rings. The molecule has 0 aromatic heterocycles. The summed E-state index contributed by atoms with van der Waals surface area (Å²) in [6, 6.07) is 9.00. The zero-order chi connectivity index (χ0) is 14.7. The number of carbonyl (C=O) groups excluding carboxylic acids is 1. The van der Waals surface area contributed by atoms with Crippen molar-refractivity contribution in [3.05, 3.63) is 24.3 Å². The summed E-state index contributed by atoms with van der Waals surface area (Å²) < 4.78 is 4.62. The molecule has 2 aliphatic rings. The zero-order valence-corrected chi connectivity index (χ0v) is 12.5. The van der Waals surface area contributed by atoms with Gasteiger partial charge < -0.3 is 10.1 Å². The Morgan fingerprint density at radius 3 is 2.95 bits per heavy atom. The molecule has 2 atom stereocenters. The fourth-order valence-electron chi connectivity index (χ4n) is 3.49. The summed E-state index contributed by atoms with van der Waals surface area (Å²) in [4.78, 5) is 13.9. The number of ether oxygens (including phenoxy) is 1. The number of nitrogens with one attached hydrogen (secondary N) is 2. The van der Waals surface area contributed by atoms with Crippen LogP contribution < -0.4 is 10.6 Å². The number of anilines is 2. The second-order valence-electron chi connectivity index (χ2n) is 5.84. The Hall–Kier alpha value is -1.75.